The summed E-state index contributed by atoms with van der Waals surface area (Å²) < 4.78 is 10.2. The molecular weight excluding hydrogens is 372 g/mol. The van der Waals surface area contributed by atoms with Gasteiger partial charge in [-0.3, -0.25) is 25.0 Å². The molecule has 0 heterocycles. The van der Waals surface area contributed by atoms with E-state index >= 15 is 0 Å². The van der Waals surface area contributed by atoms with Crippen LogP contribution in [0, 0.1) is 20.2 Å². The summed E-state index contributed by atoms with van der Waals surface area (Å²) in [7, 11) is 0. The third-order valence-corrected chi connectivity index (χ3v) is 3.67. The Balaban J connectivity index is 2.27. The molecule has 0 aliphatic rings. The van der Waals surface area contributed by atoms with Gasteiger partial charge in [0.1, 0.15) is 6.10 Å². The first-order valence-electron chi connectivity index (χ1n) is 8.17. The molecule has 2 aromatic carbocycles. The van der Waals surface area contributed by atoms with Crippen LogP contribution >= 0.6 is 0 Å². The number of ether oxygens (including phenoxy) is 2. The van der Waals surface area contributed by atoms with Crippen LogP contribution in [0.1, 0.15) is 35.4 Å². The second-order valence-electron chi connectivity index (χ2n) is 5.56. The fraction of sp³-hybridized carbons (Fsp3) is 0.222. The summed E-state index contributed by atoms with van der Waals surface area (Å²) in [5.41, 5.74) is -0.140. The van der Waals surface area contributed by atoms with E-state index in [9.17, 15) is 29.8 Å². The van der Waals surface area contributed by atoms with Gasteiger partial charge in [-0.2, -0.15) is 0 Å². The van der Waals surface area contributed by atoms with Crippen molar-refractivity contribution < 1.29 is 28.9 Å². The lowest BCUT2D eigenvalue weighted by Crippen LogP contribution is -2.17. The minimum atomic E-state index is -1.12. The number of hydrogen-bond acceptors (Lipinski definition) is 8. The maximum atomic E-state index is 12.4. The number of nitrogens with zero attached hydrogens (tertiary/aromatic N) is 2. The standard InChI is InChI=1S/C18H16N2O8/c1-2-27-17(21)11-16(13-4-3-5-15(10-13)20(25)26)28-18(22)12-6-8-14(9-7-12)19(23)24/h3-10,16H,2,11H2,1H3/t16-/m0/s1. The number of rotatable bonds is 8. The van der Waals surface area contributed by atoms with Crippen LogP contribution in [0.2, 0.25) is 0 Å². The van der Waals surface area contributed by atoms with Gasteiger partial charge in [-0.05, 0) is 24.6 Å². The number of nitro benzene ring substituents is 2. The molecule has 0 bridgehead atoms. The number of benzene rings is 2. The van der Waals surface area contributed by atoms with Gasteiger partial charge in [0.05, 0.1) is 28.4 Å². The van der Waals surface area contributed by atoms with Crippen molar-refractivity contribution in [3.63, 3.8) is 0 Å². The van der Waals surface area contributed by atoms with E-state index in [0.29, 0.717) is 0 Å². The van der Waals surface area contributed by atoms with Crippen LogP contribution in [-0.4, -0.2) is 28.4 Å². The molecule has 2 rings (SSSR count). The van der Waals surface area contributed by atoms with Crippen LogP contribution < -0.4 is 0 Å². The molecule has 0 amide bonds. The van der Waals surface area contributed by atoms with Gasteiger partial charge in [-0.15, -0.1) is 0 Å². The van der Waals surface area contributed by atoms with Crippen molar-refractivity contribution >= 4 is 23.3 Å². The Hall–Kier alpha value is -3.82. The Bertz CT molecular complexity index is 895. The van der Waals surface area contributed by atoms with E-state index in [4.69, 9.17) is 9.47 Å². The summed E-state index contributed by atoms with van der Waals surface area (Å²) in [6.45, 7) is 1.74. The van der Waals surface area contributed by atoms with E-state index in [1.54, 1.807) is 6.92 Å². The lowest BCUT2D eigenvalue weighted by molar-refractivity contribution is -0.385. The van der Waals surface area contributed by atoms with Gasteiger partial charge in [0, 0.05) is 24.3 Å². The van der Waals surface area contributed by atoms with Gasteiger partial charge in [0.2, 0.25) is 0 Å². The lowest BCUT2D eigenvalue weighted by atomic mass is 10.1. The molecule has 0 saturated carbocycles. The van der Waals surface area contributed by atoms with Gasteiger partial charge in [0.15, 0.2) is 0 Å². The van der Waals surface area contributed by atoms with Crippen LogP contribution in [0.15, 0.2) is 48.5 Å². The SMILES string of the molecule is CCOC(=O)C[C@H](OC(=O)c1ccc([N+](=O)[O-])cc1)c1cccc([N+](=O)[O-])c1. The first-order valence-corrected chi connectivity index (χ1v) is 8.17. The first-order chi connectivity index (χ1) is 13.3. The maximum Gasteiger partial charge on any atom is 0.338 e. The number of carbonyl (C=O) groups is 2. The van der Waals surface area contributed by atoms with Gasteiger partial charge < -0.3 is 9.47 Å². The number of esters is 2. The second-order valence-corrected chi connectivity index (χ2v) is 5.56. The third-order valence-electron chi connectivity index (χ3n) is 3.67. The van der Waals surface area contributed by atoms with Crippen LogP contribution in [0.25, 0.3) is 0 Å². The molecule has 0 radical (unpaired) electrons. The number of carbonyl (C=O) groups excluding carboxylic acids is 2. The number of hydrogen-bond donors (Lipinski definition) is 0. The van der Waals surface area contributed by atoms with Crippen LogP contribution in [0.5, 0.6) is 0 Å². The molecule has 28 heavy (non-hydrogen) atoms. The minimum absolute atomic E-state index is 0.0323. The molecule has 0 aromatic heterocycles. The topological polar surface area (TPSA) is 139 Å². The molecule has 0 aliphatic heterocycles. The molecule has 0 saturated heterocycles. The predicted molar refractivity (Wildman–Crippen MR) is 95.6 cm³/mol. The van der Waals surface area contributed by atoms with Crippen LogP contribution in [0.4, 0.5) is 11.4 Å². The minimum Gasteiger partial charge on any atom is -0.466 e. The fourth-order valence-electron chi connectivity index (χ4n) is 2.35. The molecule has 0 spiro atoms. The van der Waals surface area contributed by atoms with Gasteiger partial charge in [0.25, 0.3) is 11.4 Å². The van der Waals surface area contributed by atoms with E-state index in [2.05, 4.69) is 0 Å². The largest absolute Gasteiger partial charge is 0.466 e. The van der Waals surface area contributed by atoms with E-state index in [-0.39, 0.29) is 35.5 Å². The Labute approximate surface area is 159 Å². The zero-order valence-electron chi connectivity index (χ0n) is 14.8. The Morgan fingerprint density at radius 1 is 1.00 bits per heavy atom. The second kappa shape index (κ2) is 9.21. The molecule has 0 aliphatic carbocycles. The zero-order chi connectivity index (χ0) is 20.7. The van der Waals surface area contributed by atoms with Gasteiger partial charge >= 0.3 is 11.9 Å². The summed E-state index contributed by atoms with van der Waals surface area (Å²) in [4.78, 5) is 44.7. The quantitative estimate of drug-likeness (QED) is 0.381. The fourth-order valence-corrected chi connectivity index (χ4v) is 2.35. The van der Waals surface area contributed by atoms with Crippen molar-refractivity contribution in [2.24, 2.45) is 0 Å². The highest BCUT2D eigenvalue weighted by molar-refractivity contribution is 5.90. The zero-order valence-corrected chi connectivity index (χ0v) is 14.8. The van der Waals surface area contributed by atoms with Gasteiger partial charge in [-0.1, -0.05) is 12.1 Å². The molecule has 0 fully saturated rings. The monoisotopic (exact) mass is 388 g/mol. The van der Waals surface area contributed by atoms with Crippen molar-refractivity contribution in [1.29, 1.82) is 0 Å². The normalized spacial score (nSPS) is 11.3. The van der Waals surface area contributed by atoms with Crippen molar-refractivity contribution in [2.75, 3.05) is 6.61 Å². The Kier molecular flexibility index (Phi) is 6.74. The van der Waals surface area contributed by atoms with Crippen molar-refractivity contribution in [2.45, 2.75) is 19.4 Å². The summed E-state index contributed by atoms with van der Waals surface area (Å²) in [5, 5.41) is 21.7. The molecule has 10 heteroatoms. The predicted octanol–water partition coefficient (Wildman–Crippen LogP) is 3.35. The van der Waals surface area contributed by atoms with Crippen LogP contribution in [0.3, 0.4) is 0 Å². The van der Waals surface area contributed by atoms with E-state index < -0.39 is 27.9 Å². The highest BCUT2D eigenvalue weighted by Gasteiger charge is 2.24. The Morgan fingerprint density at radius 2 is 1.64 bits per heavy atom. The summed E-state index contributed by atoms with van der Waals surface area (Å²) in [6, 6.07) is 10.1. The van der Waals surface area contributed by atoms with E-state index in [0.717, 1.165) is 12.1 Å². The summed E-state index contributed by atoms with van der Waals surface area (Å²) >= 11 is 0. The van der Waals surface area contributed by atoms with E-state index in [1.807, 2.05) is 0 Å². The maximum absolute atomic E-state index is 12.4. The molecule has 2 aromatic rings. The van der Waals surface area contributed by atoms with Crippen molar-refractivity contribution in [3.8, 4) is 0 Å². The third kappa shape index (κ3) is 5.34. The molecule has 0 N–H and O–H groups in total. The molecule has 1 atom stereocenters. The smallest absolute Gasteiger partial charge is 0.338 e. The lowest BCUT2D eigenvalue weighted by Gasteiger charge is -2.17. The molecule has 0 unspecified atom stereocenters. The highest BCUT2D eigenvalue weighted by Crippen LogP contribution is 2.27. The molecular formula is C18H16N2O8. The molecule has 10 nitrogen and oxygen atoms in total. The summed E-state index contributed by atoms with van der Waals surface area (Å²) in [6.07, 6.45) is -1.46. The first kappa shape index (κ1) is 20.5. The van der Waals surface area contributed by atoms with E-state index in [1.165, 1.54) is 36.4 Å². The van der Waals surface area contributed by atoms with Crippen molar-refractivity contribution in [1.82, 2.24) is 0 Å². The van der Waals surface area contributed by atoms with Crippen molar-refractivity contribution in [3.05, 3.63) is 79.9 Å². The highest BCUT2D eigenvalue weighted by atomic mass is 16.6. The Morgan fingerprint density at radius 3 is 2.21 bits per heavy atom. The summed E-state index contributed by atoms with van der Waals surface area (Å²) in [5.74, 6) is -1.48. The average Bonchev–Trinajstić information content (AvgIpc) is 2.67. The molecule has 146 valence electrons. The number of nitro groups is 2. The van der Waals surface area contributed by atoms with Crippen LogP contribution in [-0.2, 0) is 14.3 Å². The number of non-ortho nitro benzene ring substituents is 2. The average molecular weight is 388 g/mol. The van der Waals surface area contributed by atoms with Gasteiger partial charge in [-0.25, -0.2) is 4.79 Å².